The molecule has 0 bridgehead atoms. The van der Waals surface area contributed by atoms with Gasteiger partial charge >= 0.3 is 18.0 Å². The van der Waals surface area contributed by atoms with E-state index in [1.165, 1.54) is 0 Å². The van der Waals surface area contributed by atoms with Crippen LogP contribution in [0.3, 0.4) is 0 Å². The summed E-state index contributed by atoms with van der Waals surface area (Å²) in [6.45, 7) is 10.0. The van der Waals surface area contributed by atoms with Crippen molar-refractivity contribution in [2.45, 2.75) is 84.5 Å². The Kier molecular flexibility index (Phi) is 7.54. The van der Waals surface area contributed by atoms with Crippen molar-refractivity contribution in [2.24, 2.45) is 0 Å². The maximum absolute atomic E-state index is 12.4. The van der Waals surface area contributed by atoms with Crippen LogP contribution >= 0.6 is 0 Å². The van der Waals surface area contributed by atoms with E-state index in [1.807, 2.05) is 0 Å². The standard InChI is InChI=1S/C18H28N2O8/c1-17(2,3)26-14(23)10-7-11(19-16(25)27-18(4,5)6)15(24)28-20-12(21)8-9-13(20)22/h11H,7-10H2,1-6H3,(H,19,25). The van der Waals surface area contributed by atoms with Gasteiger partial charge in [-0.3, -0.25) is 14.4 Å². The van der Waals surface area contributed by atoms with E-state index >= 15 is 0 Å². The van der Waals surface area contributed by atoms with Crippen LogP contribution in [0.2, 0.25) is 0 Å². The minimum atomic E-state index is -1.32. The Morgan fingerprint density at radius 3 is 1.93 bits per heavy atom. The number of imide groups is 1. The molecule has 3 amide bonds. The highest BCUT2D eigenvalue weighted by Gasteiger charge is 2.36. The lowest BCUT2D eigenvalue weighted by molar-refractivity contribution is -0.199. The smallest absolute Gasteiger partial charge is 0.408 e. The summed E-state index contributed by atoms with van der Waals surface area (Å²) in [5, 5.41) is 2.68. The van der Waals surface area contributed by atoms with Crippen molar-refractivity contribution in [3.8, 4) is 0 Å². The SMILES string of the molecule is CC(C)(C)OC(=O)CCC(NC(=O)OC(C)(C)C)C(=O)ON1C(=O)CCC1=O. The van der Waals surface area contributed by atoms with Crippen molar-refractivity contribution in [1.82, 2.24) is 10.4 Å². The summed E-state index contributed by atoms with van der Waals surface area (Å²) in [4.78, 5) is 64.4. The zero-order valence-electron chi connectivity index (χ0n) is 17.1. The van der Waals surface area contributed by atoms with E-state index < -0.39 is 47.1 Å². The third-order valence-corrected chi connectivity index (χ3v) is 3.22. The fraction of sp³-hybridized carbons (Fsp3) is 0.722. The number of hydrogen-bond donors (Lipinski definition) is 1. The van der Waals surface area contributed by atoms with Gasteiger partial charge in [-0.2, -0.15) is 0 Å². The zero-order valence-corrected chi connectivity index (χ0v) is 17.1. The van der Waals surface area contributed by atoms with E-state index in [1.54, 1.807) is 41.5 Å². The van der Waals surface area contributed by atoms with Gasteiger partial charge in [0.05, 0.1) is 0 Å². The van der Waals surface area contributed by atoms with Crippen LogP contribution in [0.5, 0.6) is 0 Å². The highest BCUT2D eigenvalue weighted by molar-refractivity contribution is 6.01. The summed E-state index contributed by atoms with van der Waals surface area (Å²) in [5.74, 6) is -2.94. The minimum absolute atomic E-state index is 0.0613. The molecule has 1 fully saturated rings. The highest BCUT2D eigenvalue weighted by Crippen LogP contribution is 2.15. The van der Waals surface area contributed by atoms with Gasteiger partial charge in [-0.05, 0) is 48.0 Å². The first-order valence-corrected chi connectivity index (χ1v) is 8.97. The highest BCUT2D eigenvalue weighted by atomic mass is 16.7. The molecule has 1 aliphatic heterocycles. The van der Waals surface area contributed by atoms with Gasteiger partial charge in [0.15, 0.2) is 0 Å². The molecule has 1 N–H and O–H groups in total. The van der Waals surface area contributed by atoms with Crippen molar-refractivity contribution >= 4 is 29.8 Å². The number of hydroxylamine groups is 2. The second kappa shape index (κ2) is 9.03. The van der Waals surface area contributed by atoms with Crippen LogP contribution in [0.4, 0.5) is 4.79 Å². The Morgan fingerprint density at radius 1 is 0.964 bits per heavy atom. The zero-order chi connectivity index (χ0) is 21.7. The molecule has 0 aliphatic carbocycles. The summed E-state index contributed by atoms with van der Waals surface area (Å²) in [6.07, 6.45) is -1.39. The minimum Gasteiger partial charge on any atom is -0.460 e. The third-order valence-electron chi connectivity index (χ3n) is 3.22. The monoisotopic (exact) mass is 400 g/mol. The van der Waals surface area contributed by atoms with Crippen LogP contribution in [0.15, 0.2) is 0 Å². The summed E-state index contributed by atoms with van der Waals surface area (Å²) >= 11 is 0. The summed E-state index contributed by atoms with van der Waals surface area (Å²) < 4.78 is 10.3. The topological polar surface area (TPSA) is 128 Å². The predicted octanol–water partition coefficient (Wildman–Crippen LogP) is 1.61. The van der Waals surface area contributed by atoms with Crippen LogP contribution in [-0.4, -0.2) is 52.2 Å². The molecule has 1 aliphatic rings. The van der Waals surface area contributed by atoms with E-state index in [9.17, 15) is 24.0 Å². The predicted molar refractivity (Wildman–Crippen MR) is 95.4 cm³/mol. The lowest BCUT2D eigenvalue weighted by Gasteiger charge is -2.24. The number of nitrogens with zero attached hydrogens (tertiary/aromatic N) is 1. The van der Waals surface area contributed by atoms with Crippen molar-refractivity contribution in [3.63, 3.8) is 0 Å². The second-order valence-corrected chi connectivity index (χ2v) is 8.32. The molecule has 1 unspecified atom stereocenters. The molecule has 0 spiro atoms. The number of hydrogen-bond acceptors (Lipinski definition) is 8. The molecule has 28 heavy (non-hydrogen) atoms. The quantitative estimate of drug-likeness (QED) is 0.526. The normalized spacial score (nSPS) is 15.9. The van der Waals surface area contributed by atoms with E-state index in [0.717, 1.165) is 0 Å². The maximum atomic E-state index is 12.4. The van der Waals surface area contributed by atoms with E-state index in [0.29, 0.717) is 5.06 Å². The first-order chi connectivity index (χ1) is 12.7. The molecular formula is C18H28N2O8. The first kappa shape index (κ1) is 23.4. The Morgan fingerprint density at radius 2 is 1.46 bits per heavy atom. The number of amides is 3. The largest absolute Gasteiger partial charge is 0.460 e. The number of esters is 1. The Balaban J connectivity index is 2.79. The van der Waals surface area contributed by atoms with Crippen molar-refractivity contribution in [1.29, 1.82) is 0 Å². The molecule has 0 saturated carbocycles. The number of carbonyl (C=O) groups excluding carboxylic acids is 5. The molecule has 158 valence electrons. The summed E-state index contributed by atoms with van der Waals surface area (Å²) in [5.41, 5.74) is -1.52. The Hall–Kier alpha value is -2.65. The van der Waals surface area contributed by atoms with E-state index in [2.05, 4.69) is 5.32 Å². The second-order valence-electron chi connectivity index (χ2n) is 8.32. The van der Waals surface area contributed by atoms with Crippen LogP contribution in [0, 0.1) is 0 Å². The van der Waals surface area contributed by atoms with E-state index in [-0.39, 0.29) is 25.7 Å². The molecule has 0 aromatic rings. The van der Waals surface area contributed by atoms with E-state index in [4.69, 9.17) is 14.3 Å². The lowest BCUT2D eigenvalue weighted by atomic mass is 10.1. The molecule has 0 radical (unpaired) electrons. The molecule has 10 nitrogen and oxygen atoms in total. The summed E-state index contributed by atoms with van der Waals surface area (Å²) in [6, 6.07) is -1.32. The average molecular weight is 400 g/mol. The molecule has 0 aromatic carbocycles. The van der Waals surface area contributed by atoms with Crippen LogP contribution in [-0.2, 0) is 33.5 Å². The van der Waals surface area contributed by atoms with Gasteiger partial charge in [0.1, 0.15) is 17.2 Å². The van der Waals surface area contributed by atoms with Gasteiger partial charge in [-0.15, -0.1) is 5.06 Å². The van der Waals surface area contributed by atoms with Gasteiger partial charge in [0.2, 0.25) is 0 Å². The molecule has 1 heterocycles. The fourth-order valence-corrected chi connectivity index (χ4v) is 2.16. The van der Waals surface area contributed by atoms with Crippen LogP contribution < -0.4 is 5.32 Å². The molecule has 1 saturated heterocycles. The molecular weight excluding hydrogens is 372 g/mol. The Labute approximate surface area is 163 Å². The summed E-state index contributed by atoms with van der Waals surface area (Å²) in [7, 11) is 0. The van der Waals surface area contributed by atoms with Gasteiger partial charge < -0.3 is 19.6 Å². The van der Waals surface area contributed by atoms with Crippen molar-refractivity contribution in [2.75, 3.05) is 0 Å². The molecule has 1 rings (SSSR count). The first-order valence-electron chi connectivity index (χ1n) is 8.97. The number of carbonyl (C=O) groups is 5. The van der Waals surface area contributed by atoms with Crippen molar-refractivity contribution < 1.29 is 38.3 Å². The van der Waals surface area contributed by atoms with Crippen LogP contribution in [0.1, 0.15) is 67.2 Å². The number of rotatable bonds is 6. The van der Waals surface area contributed by atoms with Crippen LogP contribution in [0.25, 0.3) is 0 Å². The van der Waals surface area contributed by atoms with Gasteiger partial charge in [0.25, 0.3) is 11.8 Å². The average Bonchev–Trinajstić information content (AvgIpc) is 2.79. The Bertz CT molecular complexity index is 629. The maximum Gasteiger partial charge on any atom is 0.408 e. The molecule has 0 aromatic heterocycles. The number of nitrogens with one attached hydrogen (secondary N) is 1. The van der Waals surface area contributed by atoms with Gasteiger partial charge in [-0.25, -0.2) is 9.59 Å². The molecule has 1 atom stereocenters. The number of ether oxygens (including phenoxy) is 2. The van der Waals surface area contributed by atoms with Gasteiger partial charge in [0, 0.05) is 19.3 Å². The third kappa shape index (κ3) is 8.36. The fourth-order valence-electron chi connectivity index (χ4n) is 2.16. The lowest BCUT2D eigenvalue weighted by Crippen LogP contribution is -2.47. The molecule has 10 heteroatoms. The van der Waals surface area contributed by atoms with Gasteiger partial charge in [-0.1, -0.05) is 0 Å². The van der Waals surface area contributed by atoms with Crippen molar-refractivity contribution in [3.05, 3.63) is 0 Å². The number of alkyl carbamates (subject to hydrolysis) is 1.